The van der Waals surface area contributed by atoms with E-state index in [2.05, 4.69) is 10.6 Å². The Kier molecular flexibility index (Phi) is 3.02. The molecule has 2 atom stereocenters. The quantitative estimate of drug-likeness (QED) is 0.582. The predicted octanol–water partition coefficient (Wildman–Crippen LogP) is -0.680. The van der Waals surface area contributed by atoms with Gasteiger partial charge in [0.05, 0.1) is 22.9 Å². The van der Waals surface area contributed by atoms with Crippen molar-refractivity contribution in [3.63, 3.8) is 0 Å². The lowest BCUT2D eigenvalue weighted by Gasteiger charge is -2.13. The molecule has 0 aromatic rings. The lowest BCUT2D eigenvalue weighted by Crippen LogP contribution is -2.44. The van der Waals surface area contributed by atoms with E-state index in [0.29, 0.717) is 0 Å². The van der Waals surface area contributed by atoms with Gasteiger partial charge >= 0.3 is 6.03 Å². The molecule has 7 heteroatoms. The van der Waals surface area contributed by atoms with Crippen molar-refractivity contribution < 1.29 is 13.2 Å². The van der Waals surface area contributed by atoms with E-state index in [-0.39, 0.29) is 11.5 Å². The Balaban J connectivity index is 2.59. The predicted molar refractivity (Wildman–Crippen MR) is 49.7 cm³/mol. The first-order valence-corrected chi connectivity index (χ1v) is 6.03. The van der Waals surface area contributed by atoms with Crippen LogP contribution in [0.15, 0.2) is 0 Å². The summed E-state index contributed by atoms with van der Waals surface area (Å²) in [5.41, 5.74) is 0. The molecule has 2 unspecified atom stereocenters. The van der Waals surface area contributed by atoms with Crippen molar-refractivity contribution >= 4 is 27.5 Å². The summed E-state index contributed by atoms with van der Waals surface area (Å²) in [7, 11) is -1.61. The second kappa shape index (κ2) is 3.71. The standard InChI is InChI=1S/C6H11ClN2O3S/c1-8-6(10)9-5-3-13(11,12)2-4(5)7/h4-5H,2-3H2,1H3,(H2,8,9,10). The highest BCUT2D eigenvalue weighted by Gasteiger charge is 2.37. The molecule has 0 aromatic heterocycles. The van der Waals surface area contributed by atoms with Gasteiger partial charge in [-0.25, -0.2) is 13.2 Å². The Morgan fingerprint density at radius 1 is 1.46 bits per heavy atom. The highest BCUT2D eigenvalue weighted by Crippen LogP contribution is 2.17. The van der Waals surface area contributed by atoms with Crippen LogP contribution in [0.1, 0.15) is 0 Å². The molecule has 2 amide bonds. The molecule has 5 nitrogen and oxygen atoms in total. The van der Waals surface area contributed by atoms with Crippen molar-refractivity contribution in [1.82, 2.24) is 10.6 Å². The number of carbonyl (C=O) groups excluding carboxylic acids is 1. The van der Waals surface area contributed by atoms with Gasteiger partial charge in [0.15, 0.2) is 9.84 Å². The summed E-state index contributed by atoms with van der Waals surface area (Å²) < 4.78 is 22.1. The molecule has 13 heavy (non-hydrogen) atoms. The van der Waals surface area contributed by atoms with Gasteiger partial charge in [-0.2, -0.15) is 0 Å². The average Bonchev–Trinajstić information content (AvgIpc) is 2.24. The third kappa shape index (κ3) is 2.73. The molecule has 1 aliphatic rings. The number of sulfone groups is 1. The lowest BCUT2D eigenvalue weighted by molar-refractivity contribution is 0.240. The monoisotopic (exact) mass is 226 g/mol. The third-order valence-electron chi connectivity index (χ3n) is 1.83. The Hall–Kier alpha value is -0.490. The van der Waals surface area contributed by atoms with Crippen LogP contribution in [-0.2, 0) is 9.84 Å². The minimum absolute atomic E-state index is 0.0663. The smallest absolute Gasteiger partial charge is 0.314 e. The molecule has 0 aromatic carbocycles. The SMILES string of the molecule is CNC(=O)NC1CS(=O)(=O)CC1Cl. The summed E-state index contributed by atoms with van der Waals surface area (Å²) in [4.78, 5) is 10.8. The van der Waals surface area contributed by atoms with Gasteiger partial charge in [0, 0.05) is 7.05 Å². The van der Waals surface area contributed by atoms with E-state index in [0.717, 1.165) is 0 Å². The van der Waals surface area contributed by atoms with Crippen molar-refractivity contribution in [2.24, 2.45) is 0 Å². The number of alkyl halides is 1. The highest BCUT2D eigenvalue weighted by atomic mass is 35.5. The van der Waals surface area contributed by atoms with Crippen LogP contribution in [0.3, 0.4) is 0 Å². The van der Waals surface area contributed by atoms with Gasteiger partial charge in [0.1, 0.15) is 0 Å². The van der Waals surface area contributed by atoms with Gasteiger partial charge in [0.25, 0.3) is 0 Å². The molecule has 1 heterocycles. The Bertz CT molecular complexity index is 303. The Morgan fingerprint density at radius 3 is 2.46 bits per heavy atom. The number of hydrogen-bond donors (Lipinski definition) is 2. The van der Waals surface area contributed by atoms with Gasteiger partial charge in [-0.1, -0.05) is 0 Å². The number of halogens is 1. The van der Waals surface area contributed by atoms with E-state index in [1.807, 2.05) is 0 Å². The summed E-state index contributed by atoms with van der Waals surface area (Å²) >= 11 is 5.74. The Morgan fingerprint density at radius 2 is 2.08 bits per heavy atom. The molecule has 1 aliphatic heterocycles. The molecule has 1 fully saturated rings. The first-order valence-electron chi connectivity index (χ1n) is 3.77. The zero-order chi connectivity index (χ0) is 10.1. The molecular weight excluding hydrogens is 216 g/mol. The van der Waals surface area contributed by atoms with Crippen LogP contribution in [-0.4, -0.2) is 44.4 Å². The molecule has 0 aliphatic carbocycles. The fourth-order valence-corrected chi connectivity index (χ4v) is 3.73. The number of nitrogens with one attached hydrogen (secondary N) is 2. The molecule has 1 rings (SSSR count). The first-order chi connectivity index (χ1) is 5.94. The molecule has 0 saturated carbocycles. The van der Waals surface area contributed by atoms with Crippen LogP contribution in [0.4, 0.5) is 4.79 Å². The number of hydrogen-bond acceptors (Lipinski definition) is 3. The maximum absolute atomic E-state index is 11.1. The van der Waals surface area contributed by atoms with Crippen molar-refractivity contribution in [1.29, 1.82) is 0 Å². The van der Waals surface area contributed by atoms with Crippen LogP contribution in [0.2, 0.25) is 0 Å². The molecule has 0 bridgehead atoms. The highest BCUT2D eigenvalue weighted by molar-refractivity contribution is 7.91. The van der Waals surface area contributed by atoms with Crippen LogP contribution in [0.5, 0.6) is 0 Å². The van der Waals surface area contributed by atoms with Crippen molar-refractivity contribution in [3.8, 4) is 0 Å². The maximum atomic E-state index is 11.1. The Labute approximate surface area is 81.7 Å². The third-order valence-corrected chi connectivity index (χ3v) is 4.20. The summed E-state index contributed by atoms with van der Waals surface area (Å²) in [6.45, 7) is 0. The largest absolute Gasteiger partial charge is 0.341 e. The summed E-state index contributed by atoms with van der Waals surface area (Å²) in [6.07, 6.45) is 0. The molecule has 2 N–H and O–H groups in total. The van der Waals surface area contributed by atoms with Crippen LogP contribution in [0, 0.1) is 0 Å². The number of amides is 2. The minimum atomic E-state index is -3.07. The van der Waals surface area contributed by atoms with E-state index in [1.54, 1.807) is 0 Å². The van der Waals surface area contributed by atoms with Crippen molar-refractivity contribution in [2.75, 3.05) is 18.6 Å². The second-order valence-electron chi connectivity index (χ2n) is 2.92. The zero-order valence-corrected chi connectivity index (χ0v) is 8.65. The molecular formula is C6H11ClN2O3S. The maximum Gasteiger partial charge on any atom is 0.314 e. The average molecular weight is 227 g/mol. The van der Waals surface area contributed by atoms with Crippen LogP contribution >= 0.6 is 11.6 Å². The van der Waals surface area contributed by atoms with Gasteiger partial charge in [-0.3, -0.25) is 0 Å². The zero-order valence-electron chi connectivity index (χ0n) is 7.08. The number of rotatable bonds is 1. The number of carbonyl (C=O) groups is 1. The normalized spacial score (nSPS) is 31.2. The molecule has 1 saturated heterocycles. The second-order valence-corrected chi connectivity index (χ2v) is 5.64. The van der Waals surface area contributed by atoms with E-state index >= 15 is 0 Å². The van der Waals surface area contributed by atoms with E-state index in [9.17, 15) is 13.2 Å². The minimum Gasteiger partial charge on any atom is -0.341 e. The first kappa shape index (κ1) is 10.6. The summed E-state index contributed by atoms with van der Waals surface area (Å²) in [5, 5.41) is 4.28. The van der Waals surface area contributed by atoms with Gasteiger partial charge < -0.3 is 10.6 Å². The molecule has 0 spiro atoms. The number of urea groups is 1. The van der Waals surface area contributed by atoms with Crippen LogP contribution < -0.4 is 10.6 Å². The van der Waals surface area contributed by atoms with E-state index < -0.39 is 27.3 Å². The molecule has 76 valence electrons. The van der Waals surface area contributed by atoms with Crippen molar-refractivity contribution in [3.05, 3.63) is 0 Å². The van der Waals surface area contributed by atoms with E-state index in [1.165, 1.54) is 7.05 Å². The van der Waals surface area contributed by atoms with Gasteiger partial charge in [-0.15, -0.1) is 11.6 Å². The van der Waals surface area contributed by atoms with Crippen molar-refractivity contribution in [2.45, 2.75) is 11.4 Å². The van der Waals surface area contributed by atoms with E-state index in [4.69, 9.17) is 11.6 Å². The lowest BCUT2D eigenvalue weighted by atomic mass is 10.2. The van der Waals surface area contributed by atoms with Gasteiger partial charge in [-0.05, 0) is 0 Å². The summed E-state index contributed by atoms with van der Waals surface area (Å²) in [6, 6.07) is -0.889. The fraction of sp³-hybridized carbons (Fsp3) is 0.833. The van der Waals surface area contributed by atoms with Gasteiger partial charge in [0.2, 0.25) is 0 Å². The topological polar surface area (TPSA) is 75.3 Å². The van der Waals surface area contributed by atoms with Crippen LogP contribution in [0.25, 0.3) is 0 Å². The summed E-state index contributed by atoms with van der Waals surface area (Å²) in [5.74, 6) is -0.141. The fourth-order valence-electron chi connectivity index (χ4n) is 1.18. The molecule has 0 radical (unpaired) electrons.